The fourth-order valence-electron chi connectivity index (χ4n) is 4.70. The topological polar surface area (TPSA) is 41.6 Å². The Labute approximate surface area is 245 Å². The first-order valence-electron chi connectivity index (χ1n) is 14.3. The van der Waals surface area contributed by atoms with Crippen molar-refractivity contribution in [3.05, 3.63) is 70.8 Å². The molecule has 0 atom stereocenters. The molecule has 0 bridgehead atoms. The second kappa shape index (κ2) is 19.2. The zero-order chi connectivity index (χ0) is 26.1. The molecule has 38 heavy (non-hydrogen) atoms. The van der Waals surface area contributed by atoms with Crippen molar-refractivity contribution in [2.45, 2.75) is 97.4 Å². The lowest BCUT2D eigenvalue weighted by molar-refractivity contribution is 0.102. The van der Waals surface area contributed by atoms with Gasteiger partial charge in [0.1, 0.15) is 5.75 Å². The van der Waals surface area contributed by atoms with E-state index in [2.05, 4.69) is 36.3 Å². The van der Waals surface area contributed by atoms with Crippen LogP contribution in [0, 0.1) is 0 Å². The Morgan fingerprint density at radius 3 is 2.13 bits per heavy atom. The lowest BCUT2D eigenvalue weighted by atomic mass is 10.1. The van der Waals surface area contributed by atoms with Crippen molar-refractivity contribution in [1.29, 1.82) is 0 Å². The van der Waals surface area contributed by atoms with Crippen molar-refractivity contribution < 1.29 is 9.53 Å². The van der Waals surface area contributed by atoms with E-state index in [1.54, 1.807) is 0 Å². The molecule has 0 radical (unpaired) electrons. The van der Waals surface area contributed by atoms with Crippen LogP contribution in [0.15, 0.2) is 59.6 Å². The van der Waals surface area contributed by atoms with Gasteiger partial charge in [0.2, 0.25) is 0 Å². The van der Waals surface area contributed by atoms with E-state index in [0.717, 1.165) is 30.1 Å². The standard InChI is InChI=1S/C32H46N2O2S.BrH/c1-3-4-5-6-7-8-9-10-11-12-13-18-23-36-31-22-17-15-20-29(31)32(35)33-30-21-16-14-19-28(30)25-34-24-27(2)37-26-34;/h14-17,19-22,24H,3-13,18,23,25-26H2,1-2H3,(H,33,35);1H. The molecule has 6 heteroatoms. The third-order valence-electron chi connectivity index (χ3n) is 6.85. The Bertz CT molecular complexity index is 981. The zero-order valence-electron chi connectivity index (χ0n) is 23.4. The van der Waals surface area contributed by atoms with Gasteiger partial charge in [0.05, 0.1) is 18.0 Å². The number of unbranched alkanes of at least 4 members (excludes halogenated alkanes) is 11. The van der Waals surface area contributed by atoms with Crippen LogP contribution in [0.4, 0.5) is 5.69 Å². The second-order valence-corrected chi connectivity index (χ2v) is 11.3. The first-order chi connectivity index (χ1) is 18.2. The number of nitrogens with zero attached hydrogens (tertiary/aromatic N) is 1. The zero-order valence-corrected chi connectivity index (χ0v) is 25.9. The average molecular weight is 604 g/mol. The highest BCUT2D eigenvalue weighted by atomic mass is 79.9. The number of allylic oxidation sites excluding steroid dienone is 1. The van der Waals surface area contributed by atoms with Gasteiger partial charge in [-0.25, -0.2) is 0 Å². The van der Waals surface area contributed by atoms with E-state index in [0.29, 0.717) is 17.9 Å². The quantitative estimate of drug-likeness (QED) is 0.172. The molecule has 0 aliphatic carbocycles. The van der Waals surface area contributed by atoms with E-state index in [-0.39, 0.29) is 22.9 Å². The van der Waals surface area contributed by atoms with Crippen molar-refractivity contribution in [2.75, 3.05) is 17.8 Å². The molecule has 2 aromatic rings. The van der Waals surface area contributed by atoms with Gasteiger partial charge in [0.25, 0.3) is 5.91 Å². The summed E-state index contributed by atoms with van der Waals surface area (Å²) >= 11 is 1.85. The van der Waals surface area contributed by atoms with Crippen LogP contribution in [-0.2, 0) is 6.54 Å². The van der Waals surface area contributed by atoms with E-state index < -0.39 is 0 Å². The van der Waals surface area contributed by atoms with Gasteiger partial charge in [0, 0.05) is 18.4 Å². The SMILES string of the molecule is Br.CCCCCCCCCCCCCCOc1ccccc1C(=O)Nc1ccccc1CN1C=C(C)SC1. The molecule has 1 aliphatic rings. The van der Waals surface area contributed by atoms with Crippen LogP contribution in [0.5, 0.6) is 5.75 Å². The fourth-order valence-corrected chi connectivity index (χ4v) is 5.46. The highest BCUT2D eigenvalue weighted by Crippen LogP contribution is 2.28. The first kappa shape index (κ1) is 32.3. The summed E-state index contributed by atoms with van der Waals surface area (Å²) in [4.78, 5) is 16.8. The molecule has 1 N–H and O–H groups in total. The molecule has 1 aliphatic heterocycles. The molecule has 4 nitrogen and oxygen atoms in total. The van der Waals surface area contributed by atoms with E-state index in [4.69, 9.17) is 4.74 Å². The minimum atomic E-state index is -0.125. The van der Waals surface area contributed by atoms with E-state index in [1.807, 2.05) is 54.2 Å². The van der Waals surface area contributed by atoms with Crippen LogP contribution in [0.25, 0.3) is 0 Å². The third-order valence-corrected chi connectivity index (χ3v) is 7.87. The van der Waals surface area contributed by atoms with Crippen LogP contribution < -0.4 is 10.1 Å². The monoisotopic (exact) mass is 602 g/mol. The number of amides is 1. The molecule has 3 rings (SSSR count). The highest BCUT2D eigenvalue weighted by molar-refractivity contribution is 8.93. The molecule has 1 heterocycles. The van der Waals surface area contributed by atoms with Crippen molar-refractivity contribution >= 4 is 40.3 Å². The molecule has 210 valence electrons. The number of anilines is 1. The summed E-state index contributed by atoms with van der Waals surface area (Å²) in [5.41, 5.74) is 2.55. The largest absolute Gasteiger partial charge is 0.493 e. The Morgan fingerprint density at radius 2 is 1.47 bits per heavy atom. The maximum Gasteiger partial charge on any atom is 0.259 e. The lowest BCUT2D eigenvalue weighted by Gasteiger charge is -2.18. The Morgan fingerprint density at radius 1 is 0.868 bits per heavy atom. The molecular formula is C32H47BrN2O2S. The normalized spacial score (nSPS) is 12.7. The summed E-state index contributed by atoms with van der Waals surface area (Å²) in [6.07, 6.45) is 18.0. The van der Waals surface area contributed by atoms with Crippen LogP contribution >= 0.6 is 28.7 Å². The predicted octanol–water partition coefficient (Wildman–Crippen LogP) is 9.96. The van der Waals surface area contributed by atoms with E-state index >= 15 is 0 Å². The molecule has 0 aromatic heterocycles. The van der Waals surface area contributed by atoms with Crippen LogP contribution in [0.3, 0.4) is 0 Å². The van der Waals surface area contributed by atoms with Crippen molar-refractivity contribution in [1.82, 2.24) is 4.90 Å². The number of hydrogen-bond acceptors (Lipinski definition) is 4. The Kier molecular flexibility index (Phi) is 16.3. The smallest absolute Gasteiger partial charge is 0.259 e. The van der Waals surface area contributed by atoms with E-state index in [1.165, 1.54) is 75.5 Å². The summed E-state index contributed by atoms with van der Waals surface area (Å²) in [6, 6.07) is 15.6. The van der Waals surface area contributed by atoms with Gasteiger partial charge in [0.15, 0.2) is 0 Å². The van der Waals surface area contributed by atoms with Gasteiger partial charge in [-0.1, -0.05) is 108 Å². The minimum Gasteiger partial charge on any atom is -0.493 e. The molecule has 0 fully saturated rings. The number of para-hydroxylation sites is 2. The Balaban J connectivity index is 0.00000507. The number of nitrogens with one attached hydrogen (secondary N) is 1. The molecule has 0 spiro atoms. The number of hydrogen-bond donors (Lipinski definition) is 1. The van der Waals surface area contributed by atoms with Gasteiger partial charge < -0.3 is 15.0 Å². The molecule has 2 aromatic carbocycles. The van der Waals surface area contributed by atoms with E-state index in [9.17, 15) is 4.79 Å². The number of benzene rings is 2. The van der Waals surface area contributed by atoms with Gasteiger partial charge >= 0.3 is 0 Å². The summed E-state index contributed by atoms with van der Waals surface area (Å²) < 4.78 is 6.06. The molecule has 1 amide bonds. The van der Waals surface area contributed by atoms with Crippen molar-refractivity contribution in [2.24, 2.45) is 0 Å². The number of halogens is 1. The molecule has 0 saturated heterocycles. The Hall–Kier alpha value is -1.92. The number of rotatable bonds is 18. The minimum absolute atomic E-state index is 0. The number of carbonyl (C=O) groups is 1. The van der Waals surface area contributed by atoms with Gasteiger partial charge in [-0.05, 0) is 42.0 Å². The average Bonchev–Trinajstić information content (AvgIpc) is 3.32. The number of ether oxygens (including phenoxy) is 1. The van der Waals surface area contributed by atoms with Crippen LogP contribution in [-0.4, -0.2) is 23.3 Å². The van der Waals surface area contributed by atoms with Gasteiger partial charge in [-0.2, -0.15) is 0 Å². The van der Waals surface area contributed by atoms with Gasteiger partial charge in [-0.3, -0.25) is 4.79 Å². The van der Waals surface area contributed by atoms with Crippen LogP contribution in [0.1, 0.15) is 107 Å². The lowest BCUT2D eigenvalue weighted by Crippen LogP contribution is -2.18. The summed E-state index contributed by atoms with van der Waals surface area (Å²) in [7, 11) is 0. The molecule has 0 unspecified atom stereocenters. The second-order valence-electron chi connectivity index (χ2n) is 10.1. The number of carbonyl (C=O) groups excluding carboxylic acids is 1. The summed E-state index contributed by atoms with van der Waals surface area (Å²) in [5, 5.41) is 3.13. The number of thioether (sulfide) groups is 1. The maximum absolute atomic E-state index is 13.2. The first-order valence-corrected chi connectivity index (χ1v) is 15.3. The summed E-state index contributed by atoms with van der Waals surface area (Å²) in [6.45, 7) is 5.83. The van der Waals surface area contributed by atoms with Crippen LogP contribution in [0.2, 0.25) is 0 Å². The highest BCUT2D eigenvalue weighted by Gasteiger charge is 2.16. The summed E-state index contributed by atoms with van der Waals surface area (Å²) in [5.74, 6) is 1.49. The van der Waals surface area contributed by atoms with Gasteiger partial charge in [-0.15, -0.1) is 28.7 Å². The maximum atomic E-state index is 13.2. The van der Waals surface area contributed by atoms with Crippen molar-refractivity contribution in [3.8, 4) is 5.75 Å². The predicted molar refractivity (Wildman–Crippen MR) is 169 cm³/mol. The van der Waals surface area contributed by atoms with Crippen molar-refractivity contribution in [3.63, 3.8) is 0 Å². The third kappa shape index (κ3) is 11.9. The molecular weight excluding hydrogens is 556 g/mol. The molecule has 0 saturated carbocycles. The fraction of sp³-hybridized carbons (Fsp3) is 0.531.